The largest absolute Gasteiger partial charge is 0.483 e. The minimum absolute atomic E-state index is 0.134. The second kappa shape index (κ2) is 11.0. The third-order valence-corrected chi connectivity index (χ3v) is 5.33. The van der Waals surface area contributed by atoms with Crippen LogP contribution in [-0.4, -0.2) is 35.1 Å². The number of ether oxygens (including phenoxy) is 2. The van der Waals surface area contributed by atoms with Crippen molar-refractivity contribution in [2.45, 2.75) is 20.8 Å². The number of carbonyl (C=O) groups excluding carboxylic acids is 2. The number of hydrogen-bond donors (Lipinski definition) is 3. The first-order chi connectivity index (χ1) is 17.4. The summed E-state index contributed by atoms with van der Waals surface area (Å²) in [5.74, 6) is 0.158. The topological polar surface area (TPSA) is 128 Å². The average Bonchev–Trinajstić information content (AvgIpc) is 3.19. The summed E-state index contributed by atoms with van der Waals surface area (Å²) in [4.78, 5) is 33.9. The van der Waals surface area contributed by atoms with Crippen molar-refractivity contribution in [3.63, 3.8) is 0 Å². The van der Waals surface area contributed by atoms with Crippen LogP contribution in [0.15, 0.2) is 52.9 Å². The van der Waals surface area contributed by atoms with E-state index in [1.165, 1.54) is 0 Å². The maximum atomic E-state index is 12.6. The molecule has 4 rings (SSSR count). The lowest BCUT2D eigenvalue weighted by molar-refractivity contribution is -0.122. The molecule has 0 fully saturated rings. The summed E-state index contributed by atoms with van der Waals surface area (Å²) in [5, 5.41) is 3.90. The highest BCUT2D eigenvalue weighted by atomic mass is 35.5. The van der Waals surface area contributed by atoms with Crippen molar-refractivity contribution >= 4 is 52.0 Å². The van der Waals surface area contributed by atoms with E-state index in [4.69, 9.17) is 25.5 Å². The Bertz CT molecular complexity index is 1400. The Balaban J connectivity index is 1.61. The number of carbonyl (C=O) groups is 2. The van der Waals surface area contributed by atoms with E-state index >= 15 is 0 Å². The van der Waals surface area contributed by atoms with Crippen LogP contribution < -0.4 is 20.9 Å². The van der Waals surface area contributed by atoms with Gasteiger partial charge in [0.05, 0.1) is 12.0 Å². The molecule has 2 aromatic carbocycles. The number of benzene rings is 2. The Kier molecular flexibility index (Phi) is 7.55. The minimum Gasteiger partial charge on any atom is -0.483 e. The summed E-state index contributed by atoms with van der Waals surface area (Å²) in [6.07, 6.45) is 0. The zero-order valence-electron chi connectivity index (χ0n) is 19.8. The molecule has 36 heavy (non-hydrogen) atoms. The molecular weight excluding hydrogens is 486 g/mol. The first-order valence-corrected chi connectivity index (χ1v) is 11.5. The van der Waals surface area contributed by atoms with Crippen LogP contribution in [0, 0.1) is 13.8 Å². The van der Waals surface area contributed by atoms with E-state index in [1.54, 1.807) is 44.2 Å². The highest BCUT2D eigenvalue weighted by Crippen LogP contribution is 2.32. The number of aryl methyl sites for hydroxylation is 2. The number of esters is 1. The second-order valence-electron chi connectivity index (χ2n) is 7.69. The number of amides is 1. The molecule has 0 spiro atoms. The van der Waals surface area contributed by atoms with E-state index in [-0.39, 0.29) is 41.6 Å². The number of hydrazine groups is 1. The Morgan fingerprint density at radius 1 is 1.06 bits per heavy atom. The SMILES string of the molecule is CCOC(=O)c1c(C)oc2nc(Nc3ccc(Cl)cc3)nc(NNC(=O)COc3ccccc3C)c12. The maximum absolute atomic E-state index is 12.6. The first-order valence-electron chi connectivity index (χ1n) is 11.1. The highest BCUT2D eigenvalue weighted by molar-refractivity contribution is 6.30. The lowest BCUT2D eigenvalue weighted by Crippen LogP contribution is -2.34. The molecule has 0 aliphatic rings. The normalized spacial score (nSPS) is 10.7. The standard InChI is InChI=1S/C25H24ClN5O5/c1-4-34-24(33)20-15(3)36-23-21(20)22(28-25(29-23)27-17-11-9-16(26)10-12-17)31-30-19(32)13-35-18-8-6-5-7-14(18)2/h5-12H,4,13H2,1-3H3,(H,30,32)(H2,27,28,29,31). The van der Waals surface area contributed by atoms with Gasteiger partial charge in [0.15, 0.2) is 12.4 Å². The highest BCUT2D eigenvalue weighted by Gasteiger charge is 2.25. The molecule has 2 aromatic heterocycles. The summed E-state index contributed by atoms with van der Waals surface area (Å²) < 4.78 is 16.5. The fourth-order valence-corrected chi connectivity index (χ4v) is 3.52. The lowest BCUT2D eigenvalue weighted by atomic mass is 10.2. The number of aromatic nitrogens is 2. The zero-order chi connectivity index (χ0) is 25.7. The Morgan fingerprint density at radius 2 is 1.81 bits per heavy atom. The number of rotatable bonds is 9. The molecule has 11 heteroatoms. The molecule has 10 nitrogen and oxygen atoms in total. The van der Waals surface area contributed by atoms with E-state index in [9.17, 15) is 9.59 Å². The molecular formula is C25H24ClN5O5. The Hall–Kier alpha value is -4.31. The fraction of sp³-hybridized carbons (Fsp3) is 0.200. The van der Waals surface area contributed by atoms with Gasteiger partial charge in [0.25, 0.3) is 5.91 Å². The molecule has 0 saturated heterocycles. The number of hydrogen-bond acceptors (Lipinski definition) is 9. The number of halogens is 1. The van der Waals surface area contributed by atoms with Gasteiger partial charge in [-0.3, -0.25) is 15.6 Å². The molecule has 0 bridgehead atoms. The molecule has 2 heterocycles. The number of anilines is 3. The average molecular weight is 510 g/mol. The number of furan rings is 1. The van der Waals surface area contributed by atoms with Gasteiger partial charge in [-0.25, -0.2) is 4.79 Å². The maximum Gasteiger partial charge on any atom is 0.342 e. The van der Waals surface area contributed by atoms with Gasteiger partial charge in [0, 0.05) is 10.7 Å². The molecule has 0 unspecified atom stereocenters. The number of nitrogens with zero attached hydrogens (tertiary/aromatic N) is 2. The summed E-state index contributed by atoms with van der Waals surface area (Å²) in [6.45, 7) is 5.15. The fourth-order valence-electron chi connectivity index (χ4n) is 3.40. The van der Waals surface area contributed by atoms with Gasteiger partial charge in [-0.2, -0.15) is 9.97 Å². The van der Waals surface area contributed by atoms with Crippen LogP contribution in [0.3, 0.4) is 0 Å². The molecule has 0 atom stereocenters. The molecule has 0 aliphatic carbocycles. The quantitative estimate of drug-likeness (QED) is 0.212. The summed E-state index contributed by atoms with van der Waals surface area (Å²) >= 11 is 5.96. The smallest absolute Gasteiger partial charge is 0.342 e. The zero-order valence-corrected chi connectivity index (χ0v) is 20.6. The van der Waals surface area contributed by atoms with Crippen molar-refractivity contribution in [3.05, 3.63) is 70.4 Å². The van der Waals surface area contributed by atoms with Crippen molar-refractivity contribution in [1.82, 2.24) is 15.4 Å². The summed E-state index contributed by atoms with van der Waals surface area (Å²) in [5.41, 5.74) is 7.19. The van der Waals surface area contributed by atoms with Crippen LogP contribution in [0.25, 0.3) is 11.1 Å². The monoisotopic (exact) mass is 509 g/mol. The number of para-hydroxylation sites is 1. The summed E-state index contributed by atoms with van der Waals surface area (Å²) in [7, 11) is 0. The molecule has 0 radical (unpaired) electrons. The van der Waals surface area contributed by atoms with Gasteiger partial charge < -0.3 is 19.2 Å². The second-order valence-corrected chi connectivity index (χ2v) is 8.13. The van der Waals surface area contributed by atoms with Crippen LogP contribution >= 0.6 is 11.6 Å². The van der Waals surface area contributed by atoms with Gasteiger partial charge in [0.2, 0.25) is 11.7 Å². The van der Waals surface area contributed by atoms with Crippen LogP contribution in [0.1, 0.15) is 28.6 Å². The Labute approximate surface area is 211 Å². The lowest BCUT2D eigenvalue weighted by Gasteiger charge is -2.12. The van der Waals surface area contributed by atoms with Crippen molar-refractivity contribution in [2.75, 3.05) is 24.0 Å². The molecule has 0 saturated carbocycles. The predicted octanol–water partition coefficient (Wildman–Crippen LogP) is 4.94. The third kappa shape index (κ3) is 5.66. The van der Waals surface area contributed by atoms with Crippen molar-refractivity contribution in [1.29, 1.82) is 0 Å². The molecule has 1 amide bonds. The van der Waals surface area contributed by atoms with Crippen molar-refractivity contribution < 1.29 is 23.5 Å². The molecule has 0 aliphatic heterocycles. The number of nitrogens with one attached hydrogen (secondary N) is 3. The minimum atomic E-state index is -0.590. The Morgan fingerprint density at radius 3 is 2.53 bits per heavy atom. The van der Waals surface area contributed by atoms with Gasteiger partial charge in [0.1, 0.15) is 17.1 Å². The summed E-state index contributed by atoms with van der Waals surface area (Å²) in [6, 6.07) is 14.3. The van der Waals surface area contributed by atoms with Crippen molar-refractivity contribution in [2.24, 2.45) is 0 Å². The van der Waals surface area contributed by atoms with Crippen LogP contribution in [0.4, 0.5) is 17.5 Å². The molecule has 186 valence electrons. The molecule has 3 N–H and O–H groups in total. The van der Waals surface area contributed by atoms with Crippen LogP contribution in [-0.2, 0) is 9.53 Å². The van der Waals surface area contributed by atoms with Gasteiger partial charge in [-0.15, -0.1) is 0 Å². The number of fused-ring (bicyclic) bond motifs is 1. The van der Waals surface area contributed by atoms with Gasteiger partial charge in [-0.05, 0) is 56.7 Å². The van der Waals surface area contributed by atoms with Crippen LogP contribution in [0.5, 0.6) is 5.75 Å². The van der Waals surface area contributed by atoms with E-state index < -0.39 is 11.9 Å². The van der Waals surface area contributed by atoms with E-state index in [0.717, 1.165) is 5.56 Å². The predicted molar refractivity (Wildman–Crippen MR) is 136 cm³/mol. The van der Waals surface area contributed by atoms with Crippen molar-refractivity contribution in [3.8, 4) is 5.75 Å². The van der Waals surface area contributed by atoms with E-state index in [0.29, 0.717) is 22.2 Å². The molecule has 4 aromatic rings. The van der Waals surface area contributed by atoms with Gasteiger partial charge in [-0.1, -0.05) is 29.8 Å². The first kappa shape index (κ1) is 24.8. The van der Waals surface area contributed by atoms with Crippen LogP contribution in [0.2, 0.25) is 5.02 Å². The third-order valence-electron chi connectivity index (χ3n) is 5.08. The van der Waals surface area contributed by atoms with Gasteiger partial charge >= 0.3 is 5.97 Å². The van der Waals surface area contributed by atoms with E-state index in [2.05, 4.69) is 26.1 Å². The van der Waals surface area contributed by atoms with E-state index in [1.807, 2.05) is 25.1 Å².